The number of hydrogen-bond donors (Lipinski definition) is 2. The van der Waals surface area contributed by atoms with Gasteiger partial charge in [0.15, 0.2) is 0 Å². The van der Waals surface area contributed by atoms with Crippen molar-refractivity contribution in [3.63, 3.8) is 0 Å². The van der Waals surface area contributed by atoms with Crippen molar-refractivity contribution in [1.82, 2.24) is 5.32 Å². The highest BCUT2D eigenvalue weighted by Gasteiger charge is 2.02. The van der Waals surface area contributed by atoms with Crippen LogP contribution in [0.25, 0.3) is 0 Å². The molecule has 2 aromatic carbocycles. The summed E-state index contributed by atoms with van der Waals surface area (Å²) in [5.41, 5.74) is 1.72. The summed E-state index contributed by atoms with van der Waals surface area (Å²) in [5.74, 6) is 1.58. The summed E-state index contributed by atoms with van der Waals surface area (Å²) >= 11 is 0. The van der Waals surface area contributed by atoms with Crippen molar-refractivity contribution in [3.8, 4) is 11.5 Å². The zero-order chi connectivity index (χ0) is 15.8. The fourth-order valence-corrected chi connectivity index (χ4v) is 1.90. The molecule has 5 nitrogen and oxygen atoms in total. The largest absolute Gasteiger partial charge is 0.497 e. The third kappa shape index (κ3) is 4.70. The first-order chi connectivity index (χ1) is 10.7. The number of amides is 2. The van der Waals surface area contributed by atoms with Gasteiger partial charge in [-0.3, -0.25) is 0 Å². The minimum atomic E-state index is -0.251. The van der Waals surface area contributed by atoms with Crippen LogP contribution in [0.15, 0.2) is 48.5 Å². The lowest BCUT2D eigenvalue weighted by Gasteiger charge is -2.09. The molecule has 2 amide bonds. The highest BCUT2D eigenvalue weighted by Crippen LogP contribution is 2.15. The molecular weight excluding hydrogens is 280 g/mol. The molecule has 2 aromatic rings. The van der Waals surface area contributed by atoms with Crippen LogP contribution in [0, 0.1) is 0 Å². The molecule has 2 N–H and O–H groups in total. The molecule has 0 saturated carbocycles. The summed E-state index contributed by atoms with van der Waals surface area (Å²) in [4.78, 5) is 11.8. The molecule has 0 heterocycles. The quantitative estimate of drug-likeness (QED) is 0.859. The van der Waals surface area contributed by atoms with E-state index in [1.165, 1.54) is 0 Å². The normalized spacial score (nSPS) is 9.91. The lowest BCUT2D eigenvalue weighted by Crippen LogP contribution is -2.28. The van der Waals surface area contributed by atoms with E-state index in [4.69, 9.17) is 9.47 Å². The molecule has 2 rings (SSSR count). The summed E-state index contributed by atoms with van der Waals surface area (Å²) in [6.07, 6.45) is 0. The van der Waals surface area contributed by atoms with Gasteiger partial charge in [0.2, 0.25) is 0 Å². The van der Waals surface area contributed by atoms with Gasteiger partial charge in [0.1, 0.15) is 11.5 Å². The second-order valence-corrected chi connectivity index (χ2v) is 4.61. The number of hydrogen-bond acceptors (Lipinski definition) is 3. The molecule has 0 bridgehead atoms. The molecule has 0 saturated heterocycles. The van der Waals surface area contributed by atoms with Crippen LogP contribution >= 0.6 is 0 Å². The van der Waals surface area contributed by atoms with Crippen LogP contribution in [0.5, 0.6) is 11.5 Å². The Morgan fingerprint density at radius 1 is 1.00 bits per heavy atom. The predicted octanol–water partition coefficient (Wildman–Crippen LogP) is 3.42. The number of ether oxygens (including phenoxy) is 2. The van der Waals surface area contributed by atoms with Crippen LogP contribution in [0.1, 0.15) is 12.5 Å². The Kier molecular flexibility index (Phi) is 5.65. The molecule has 22 heavy (non-hydrogen) atoms. The van der Waals surface area contributed by atoms with E-state index in [0.29, 0.717) is 18.8 Å². The fraction of sp³-hybridized carbons (Fsp3) is 0.235. The van der Waals surface area contributed by atoms with Crippen LogP contribution in [0.4, 0.5) is 10.5 Å². The lowest BCUT2D eigenvalue weighted by molar-refractivity contribution is 0.251. The minimum absolute atomic E-state index is 0.251. The zero-order valence-corrected chi connectivity index (χ0v) is 12.8. The topological polar surface area (TPSA) is 59.6 Å². The average molecular weight is 300 g/mol. The van der Waals surface area contributed by atoms with Gasteiger partial charge >= 0.3 is 6.03 Å². The second kappa shape index (κ2) is 7.93. The van der Waals surface area contributed by atoms with E-state index in [1.54, 1.807) is 31.4 Å². The fourth-order valence-electron chi connectivity index (χ4n) is 1.90. The van der Waals surface area contributed by atoms with Crippen molar-refractivity contribution in [2.24, 2.45) is 0 Å². The van der Waals surface area contributed by atoms with Crippen molar-refractivity contribution >= 4 is 11.7 Å². The van der Waals surface area contributed by atoms with E-state index in [1.807, 2.05) is 31.2 Å². The summed E-state index contributed by atoms with van der Waals surface area (Å²) in [6.45, 7) is 3.04. The number of rotatable bonds is 6. The van der Waals surface area contributed by atoms with Gasteiger partial charge in [-0.25, -0.2) is 4.79 Å². The third-order valence-corrected chi connectivity index (χ3v) is 3.04. The van der Waals surface area contributed by atoms with Gasteiger partial charge in [-0.1, -0.05) is 12.1 Å². The first-order valence-corrected chi connectivity index (χ1v) is 7.12. The van der Waals surface area contributed by atoms with Crippen molar-refractivity contribution < 1.29 is 14.3 Å². The SMILES string of the molecule is CCOc1ccc(CNC(=O)Nc2ccc(OC)cc2)cc1. The lowest BCUT2D eigenvalue weighted by atomic mass is 10.2. The van der Waals surface area contributed by atoms with Gasteiger partial charge < -0.3 is 20.1 Å². The summed E-state index contributed by atoms with van der Waals surface area (Å²) < 4.78 is 10.4. The monoisotopic (exact) mass is 300 g/mol. The summed E-state index contributed by atoms with van der Waals surface area (Å²) in [6, 6.07) is 14.6. The number of carbonyl (C=O) groups is 1. The Balaban J connectivity index is 1.81. The molecule has 0 aromatic heterocycles. The molecule has 0 radical (unpaired) electrons. The number of benzene rings is 2. The second-order valence-electron chi connectivity index (χ2n) is 4.61. The van der Waals surface area contributed by atoms with Gasteiger partial charge in [0.05, 0.1) is 13.7 Å². The number of carbonyl (C=O) groups excluding carboxylic acids is 1. The zero-order valence-electron chi connectivity index (χ0n) is 12.8. The van der Waals surface area contributed by atoms with Crippen LogP contribution in [-0.4, -0.2) is 19.7 Å². The van der Waals surface area contributed by atoms with Gasteiger partial charge in [-0.2, -0.15) is 0 Å². The van der Waals surface area contributed by atoms with Crippen molar-refractivity contribution in [1.29, 1.82) is 0 Å². The highest BCUT2D eigenvalue weighted by atomic mass is 16.5. The summed E-state index contributed by atoms with van der Waals surface area (Å²) in [7, 11) is 1.60. The van der Waals surface area contributed by atoms with Gasteiger partial charge in [0, 0.05) is 12.2 Å². The maximum Gasteiger partial charge on any atom is 0.319 e. The molecule has 0 unspecified atom stereocenters. The number of anilines is 1. The minimum Gasteiger partial charge on any atom is -0.497 e. The maximum absolute atomic E-state index is 11.8. The Labute approximate surface area is 130 Å². The molecule has 0 fully saturated rings. The molecule has 116 valence electrons. The first kappa shape index (κ1) is 15.7. The standard InChI is InChI=1S/C17H20N2O3/c1-3-22-16-8-4-13(5-9-16)12-18-17(20)19-14-6-10-15(21-2)11-7-14/h4-11H,3,12H2,1-2H3,(H2,18,19,20). The van der Waals surface area contributed by atoms with Crippen molar-refractivity contribution in [2.75, 3.05) is 19.0 Å². The highest BCUT2D eigenvalue weighted by molar-refractivity contribution is 5.89. The van der Waals surface area contributed by atoms with Crippen LogP contribution in [0.3, 0.4) is 0 Å². The first-order valence-electron chi connectivity index (χ1n) is 7.12. The van der Waals surface area contributed by atoms with E-state index in [9.17, 15) is 4.79 Å². The van der Waals surface area contributed by atoms with Crippen molar-refractivity contribution in [3.05, 3.63) is 54.1 Å². The molecule has 0 spiro atoms. The molecule has 0 aliphatic carbocycles. The van der Waals surface area contributed by atoms with Crippen LogP contribution in [-0.2, 0) is 6.54 Å². The molecule has 0 atom stereocenters. The van der Waals surface area contributed by atoms with E-state index < -0.39 is 0 Å². The molecule has 0 aliphatic heterocycles. The maximum atomic E-state index is 11.8. The number of methoxy groups -OCH3 is 1. The Morgan fingerprint density at radius 2 is 1.64 bits per heavy atom. The molecule has 0 aliphatic rings. The molecular formula is C17H20N2O3. The van der Waals surface area contributed by atoms with E-state index in [2.05, 4.69) is 10.6 Å². The van der Waals surface area contributed by atoms with Gasteiger partial charge in [0.25, 0.3) is 0 Å². The average Bonchev–Trinajstić information content (AvgIpc) is 2.55. The predicted molar refractivity (Wildman–Crippen MR) is 86.5 cm³/mol. The van der Waals surface area contributed by atoms with E-state index in [-0.39, 0.29) is 6.03 Å². The Morgan fingerprint density at radius 3 is 2.23 bits per heavy atom. The smallest absolute Gasteiger partial charge is 0.319 e. The molecule has 5 heteroatoms. The van der Waals surface area contributed by atoms with Gasteiger partial charge in [-0.05, 0) is 48.9 Å². The Hall–Kier alpha value is -2.69. The third-order valence-electron chi connectivity index (χ3n) is 3.04. The van der Waals surface area contributed by atoms with Crippen LogP contribution in [0.2, 0.25) is 0 Å². The van der Waals surface area contributed by atoms with E-state index >= 15 is 0 Å². The van der Waals surface area contributed by atoms with Crippen LogP contribution < -0.4 is 20.1 Å². The summed E-state index contributed by atoms with van der Waals surface area (Å²) in [5, 5.41) is 5.57. The van der Waals surface area contributed by atoms with E-state index in [0.717, 1.165) is 17.1 Å². The number of urea groups is 1. The number of nitrogens with one attached hydrogen (secondary N) is 2. The Bertz CT molecular complexity index is 594. The van der Waals surface area contributed by atoms with Crippen molar-refractivity contribution in [2.45, 2.75) is 13.5 Å². The van der Waals surface area contributed by atoms with Gasteiger partial charge in [-0.15, -0.1) is 0 Å².